The topological polar surface area (TPSA) is 46.5 Å². The van der Waals surface area contributed by atoms with Crippen LogP contribution in [-0.2, 0) is 7.05 Å². The quantitative estimate of drug-likeness (QED) is 0.644. The third-order valence-electron chi connectivity index (χ3n) is 4.78. The number of rotatable bonds is 6. The highest BCUT2D eigenvalue weighted by molar-refractivity contribution is 9.10. The summed E-state index contributed by atoms with van der Waals surface area (Å²) in [6.45, 7) is 0.503. The molecule has 0 radical (unpaired) electrons. The SMILES string of the molecule is COc1ccc(Br)c(C(=O)NC[C@@H](c2cn(C)c3ccccc23)N(C)C)c1. The van der Waals surface area contributed by atoms with Crippen LogP contribution in [0, 0.1) is 0 Å². The van der Waals surface area contributed by atoms with E-state index in [4.69, 9.17) is 4.74 Å². The molecule has 0 aliphatic heterocycles. The first-order chi connectivity index (χ1) is 12.9. The van der Waals surface area contributed by atoms with Crippen molar-refractivity contribution in [2.24, 2.45) is 7.05 Å². The van der Waals surface area contributed by atoms with Gasteiger partial charge in [-0.25, -0.2) is 0 Å². The third kappa shape index (κ3) is 4.01. The van der Waals surface area contributed by atoms with Crippen LogP contribution >= 0.6 is 15.9 Å². The van der Waals surface area contributed by atoms with Crippen LogP contribution in [0.15, 0.2) is 53.1 Å². The van der Waals surface area contributed by atoms with E-state index in [-0.39, 0.29) is 11.9 Å². The summed E-state index contributed by atoms with van der Waals surface area (Å²) in [5, 5.41) is 4.27. The molecule has 0 bridgehead atoms. The zero-order valence-electron chi connectivity index (χ0n) is 16.0. The molecule has 3 rings (SSSR count). The van der Waals surface area contributed by atoms with E-state index in [2.05, 4.69) is 49.0 Å². The molecule has 6 heteroatoms. The Bertz CT molecular complexity index is 965. The van der Waals surface area contributed by atoms with Crippen molar-refractivity contribution in [3.63, 3.8) is 0 Å². The van der Waals surface area contributed by atoms with Gasteiger partial charge in [-0.15, -0.1) is 0 Å². The maximum absolute atomic E-state index is 12.7. The second-order valence-electron chi connectivity index (χ2n) is 6.75. The van der Waals surface area contributed by atoms with Crippen molar-refractivity contribution < 1.29 is 9.53 Å². The number of hydrogen-bond donors (Lipinski definition) is 1. The Morgan fingerprint density at radius 1 is 1.26 bits per heavy atom. The fourth-order valence-corrected chi connectivity index (χ4v) is 3.73. The van der Waals surface area contributed by atoms with Crippen molar-refractivity contribution >= 4 is 32.7 Å². The first-order valence-corrected chi connectivity index (χ1v) is 9.53. The molecule has 1 heterocycles. The fraction of sp³-hybridized carbons (Fsp3) is 0.286. The van der Waals surface area contributed by atoms with Gasteiger partial charge in [0.25, 0.3) is 5.91 Å². The number of nitrogens with one attached hydrogen (secondary N) is 1. The average molecular weight is 430 g/mol. The standard InChI is InChI=1S/C21H24BrN3O2/c1-24(2)20(17-13-25(3)19-8-6-5-7-15(17)19)12-23-21(26)16-11-14(27-4)9-10-18(16)22/h5-11,13,20H,12H2,1-4H3,(H,23,26)/t20-/m0/s1. The molecule has 3 aromatic rings. The van der Waals surface area contributed by atoms with Crippen LogP contribution in [0.3, 0.4) is 0 Å². The van der Waals surface area contributed by atoms with Crippen LogP contribution < -0.4 is 10.1 Å². The number of methoxy groups -OCH3 is 1. The number of amides is 1. The molecule has 0 aliphatic rings. The van der Waals surface area contributed by atoms with Crippen LogP contribution in [0.4, 0.5) is 0 Å². The van der Waals surface area contributed by atoms with Gasteiger partial charge in [0.15, 0.2) is 0 Å². The molecular formula is C21H24BrN3O2. The van der Waals surface area contributed by atoms with Gasteiger partial charge in [0.1, 0.15) is 5.75 Å². The third-order valence-corrected chi connectivity index (χ3v) is 5.48. The molecule has 1 N–H and O–H groups in total. The lowest BCUT2D eigenvalue weighted by Crippen LogP contribution is -2.34. The minimum Gasteiger partial charge on any atom is -0.497 e. The average Bonchev–Trinajstić information content (AvgIpc) is 2.99. The largest absolute Gasteiger partial charge is 0.497 e. The van der Waals surface area contributed by atoms with Crippen molar-refractivity contribution in [3.8, 4) is 5.75 Å². The number of hydrogen-bond acceptors (Lipinski definition) is 3. The molecule has 2 aromatic carbocycles. The molecule has 1 aromatic heterocycles. The minimum absolute atomic E-state index is 0.0597. The van der Waals surface area contributed by atoms with E-state index in [0.717, 1.165) is 4.47 Å². The lowest BCUT2D eigenvalue weighted by molar-refractivity contribution is 0.0941. The number of carbonyl (C=O) groups excluding carboxylic acids is 1. The number of ether oxygens (including phenoxy) is 1. The maximum Gasteiger partial charge on any atom is 0.252 e. The molecule has 142 valence electrons. The zero-order chi connectivity index (χ0) is 19.6. The van der Waals surface area contributed by atoms with Gasteiger partial charge in [-0.3, -0.25) is 4.79 Å². The van der Waals surface area contributed by atoms with Crippen LogP contribution in [0.5, 0.6) is 5.75 Å². The number of fused-ring (bicyclic) bond motifs is 1. The Kier molecular flexibility index (Phi) is 5.87. The van der Waals surface area contributed by atoms with E-state index in [1.54, 1.807) is 13.2 Å². The monoisotopic (exact) mass is 429 g/mol. The summed E-state index contributed by atoms with van der Waals surface area (Å²) < 4.78 is 8.10. The first-order valence-electron chi connectivity index (χ1n) is 8.74. The number of para-hydroxylation sites is 1. The molecule has 27 heavy (non-hydrogen) atoms. The summed E-state index contributed by atoms with van der Waals surface area (Å²) in [7, 11) is 7.69. The van der Waals surface area contributed by atoms with Gasteiger partial charge in [0.05, 0.1) is 18.7 Å². The van der Waals surface area contributed by atoms with Gasteiger partial charge >= 0.3 is 0 Å². The van der Waals surface area contributed by atoms with Gasteiger partial charge in [-0.1, -0.05) is 18.2 Å². The number of aryl methyl sites for hydroxylation is 1. The highest BCUT2D eigenvalue weighted by atomic mass is 79.9. The number of nitrogens with zero attached hydrogens (tertiary/aromatic N) is 2. The van der Waals surface area contributed by atoms with Gasteiger partial charge in [-0.05, 0) is 59.9 Å². The lowest BCUT2D eigenvalue weighted by Gasteiger charge is -2.24. The van der Waals surface area contributed by atoms with Crippen LogP contribution in [0.2, 0.25) is 0 Å². The lowest BCUT2D eigenvalue weighted by atomic mass is 10.0. The van der Waals surface area contributed by atoms with E-state index < -0.39 is 0 Å². The summed E-state index contributed by atoms with van der Waals surface area (Å²) >= 11 is 3.45. The van der Waals surface area contributed by atoms with Gasteiger partial charge in [0.2, 0.25) is 0 Å². The van der Waals surface area contributed by atoms with Gasteiger partial charge < -0.3 is 19.5 Å². The molecule has 0 unspecified atom stereocenters. The molecule has 0 fully saturated rings. The Hall–Kier alpha value is -2.31. The van der Waals surface area contributed by atoms with Crippen LogP contribution in [0.25, 0.3) is 10.9 Å². The minimum atomic E-state index is -0.132. The number of likely N-dealkylation sites (N-methyl/N-ethyl adjacent to an activating group) is 1. The molecular weight excluding hydrogens is 406 g/mol. The predicted octanol–water partition coefficient (Wildman–Crippen LogP) is 3.98. The number of benzene rings is 2. The second-order valence-corrected chi connectivity index (χ2v) is 7.60. The number of halogens is 1. The Balaban J connectivity index is 1.84. The van der Waals surface area contributed by atoms with E-state index in [1.165, 1.54) is 16.5 Å². The highest BCUT2D eigenvalue weighted by Crippen LogP contribution is 2.28. The van der Waals surface area contributed by atoms with Crippen molar-refractivity contribution in [3.05, 3.63) is 64.3 Å². The summed E-state index contributed by atoms with van der Waals surface area (Å²) in [5.74, 6) is 0.523. The molecule has 0 spiro atoms. The molecule has 0 saturated carbocycles. The maximum atomic E-state index is 12.7. The Morgan fingerprint density at radius 3 is 2.70 bits per heavy atom. The molecule has 5 nitrogen and oxygen atoms in total. The molecule has 0 aliphatic carbocycles. The second kappa shape index (κ2) is 8.15. The van der Waals surface area contributed by atoms with Gasteiger partial charge in [-0.2, -0.15) is 0 Å². The summed E-state index contributed by atoms with van der Waals surface area (Å²) in [4.78, 5) is 14.9. The Labute approximate surface area is 168 Å². The molecule has 0 saturated heterocycles. The molecule has 1 atom stereocenters. The normalized spacial score (nSPS) is 12.4. The van der Waals surface area contributed by atoms with E-state index in [0.29, 0.717) is 17.9 Å². The van der Waals surface area contributed by atoms with E-state index >= 15 is 0 Å². The fourth-order valence-electron chi connectivity index (χ4n) is 3.30. The highest BCUT2D eigenvalue weighted by Gasteiger charge is 2.21. The van der Waals surface area contributed by atoms with Crippen LogP contribution in [0.1, 0.15) is 22.0 Å². The van der Waals surface area contributed by atoms with Crippen molar-refractivity contribution in [2.75, 3.05) is 27.7 Å². The van der Waals surface area contributed by atoms with Gasteiger partial charge in [0, 0.05) is 35.2 Å². The molecule has 1 amide bonds. The Morgan fingerprint density at radius 2 is 2.00 bits per heavy atom. The summed E-state index contributed by atoms with van der Waals surface area (Å²) in [5.41, 5.74) is 2.94. The van der Waals surface area contributed by atoms with E-state index in [9.17, 15) is 4.79 Å². The van der Waals surface area contributed by atoms with Crippen molar-refractivity contribution in [1.29, 1.82) is 0 Å². The smallest absolute Gasteiger partial charge is 0.252 e. The number of aromatic nitrogens is 1. The predicted molar refractivity (Wildman–Crippen MR) is 112 cm³/mol. The van der Waals surface area contributed by atoms with E-state index in [1.807, 2.05) is 45.4 Å². The zero-order valence-corrected chi connectivity index (χ0v) is 17.6. The summed E-state index contributed by atoms with van der Waals surface area (Å²) in [6, 6.07) is 13.8. The number of carbonyl (C=O) groups is 1. The first kappa shape index (κ1) is 19.5. The van der Waals surface area contributed by atoms with Crippen molar-refractivity contribution in [1.82, 2.24) is 14.8 Å². The van der Waals surface area contributed by atoms with Crippen molar-refractivity contribution in [2.45, 2.75) is 6.04 Å². The summed E-state index contributed by atoms with van der Waals surface area (Å²) in [6.07, 6.45) is 2.14. The van der Waals surface area contributed by atoms with Crippen LogP contribution in [-0.4, -0.2) is 43.1 Å².